The minimum atomic E-state index is -0.208. The van der Waals surface area contributed by atoms with Crippen LogP contribution in [0.5, 0.6) is 5.75 Å². The van der Waals surface area contributed by atoms with Crippen molar-refractivity contribution in [2.75, 3.05) is 33.4 Å². The molecular formula is C22H23N3O3S. The van der Waals surface area contributed by atoms with E-state index in [4.69, 9.17) is 9.47 Å². The molecule has 1 aliphatic rings. The monoisotopic (exact) mass is 409 g/mol. The van der Waals surface area contributed by atoms with Crippen LogP contribution in [0.2, 0.25) is 0 Å². The molecule has 0 atom stereocenters. The zero-order valence-corrected chi connectivity index (χ0v) is 17.1. The van der Waals surface area contributed by atoms with E-state index in [0.29, 0.717) is 5.56 Å². The molecule has 0 bridgehead atoms. The lowest BCUT2D eigenvalue weighted by atomic mass is 10.1. The first-order valence-corrected chi connectivity index (χ1v) is 10.4. The Bertz CT molecular complexity index is 1030. The van der Waals surface area contributed by atoms with Crippen molar-refractivity contribution < 1.29 is 14.3 Å². The second kappa shape index (κ2) is 9.17. The molecule has 0 radical (unpaired) electrons. The molecule has 2 heterocycles. The number of nitrogens with one attached hydrogen (secondary N) is 1. The Balaban J connectivity index is 1.44. The van der Waals surface area contributed by atoms with Crippen molar-refractivity contribution in [2.45, 2.75) is 6.54 Å². The van der Waals surface area contributed by atoms with Gasteiger partial charge in [0.1, 0.15) is 5.75 Å². The molecule has 1 fully saturated rings. The van der Waals surface area contributed by atoms with Crippen LogP contribution >= 0.6 is 11.3 Å². The average Bonchev–Trinajstić information content (AvgIpc) is 3.19. The van der Waals surface area contributed by atoms with Gasteiger partial charge in [-0.25, -0.2) is 5.43 Å². The summed E-state index contributed by atoms with van der Waals surface area (Å²) < 4.78 is 12.0. The Kier molecular flexibility index (Phi) is 6.19. The highest BCUT2D eigenvalue weighted by Gasteiger charge is 2.14. The van der Waals surface area contributed by atoms with E-state index in [0.717, 1.165) is 59.8 Å². The fourth-order valence-corrected chi connectivity index (χ4v) is 4.32. The number of morpholine rings is 1. The maximum atomic E-state index is 12.5. The number of hydrogen-bond acceptors (Lipinski definition) is 6. The molecular weight excluding hydrogens is 386 g/mol. The van der Waals surface area contributed by atoms with Gasteiger partial charge in [-0.1, -0.05) is 18.2 Å². The van der Waals surface area contributed by atoms with Crippen LogP contribution in [0.25, 0.3) is 10.1 Å². The lowest BCUT2D eigenvalue weighted by Crippen LogP contribution is -2.35. The standard InChI is InChI=1S/C22H23N3O3S/c1-27-20-7-6-16(12-17(20)14-25-8-10-28-11-9-25)13-23-24-22(26)19-15-29-21-5-3-2-4-18(19)21/h2-7,12-13,15H,8-11,14H2,1H3,(H,24,26)/b23-13-. The number of carbonyl (C=O) groups excluding carboxylic acids is 1. The molecule has 0 aliphatic carbocycles. The third-order valence-electron chi connectivity index (χ3n) is 4.91. The topological polar surface area (TPSA) is 63.2 Å². The van der Waals surface area contributed by atoms with Gasteiger partial charge in [0.2, 0.25) is 0 Å². The Hall–Kier alpha value is -2.74. The normalized spacial score (nSPS) is 15.1. The van der Waals surface area contributed by atoms with E-state index in [-0.39, 0.29) is 5.91 Å². The number of amides is 1. The molecule has 7 heteroatoms. The summed E-state index contributed by atoms with van der Waals surface area (Å²) in [6.07, 6.45) is 1.66. The summed E-state index contributed by atoms with van der Waals surface area (Å²) in [5, 5.41) is 6.96. The molecule has 1 amide bonds. The number of rotatable bonds is 6. The fraction of sp³-hybridized carbons (Fsp3) is 0.273. The van der Waals surface area contributed by atoms with Crippen LogP contribution in [0.15, 0.2) is 52.9 Å². The van der Waals surface area contributed by atoms with Gasteiger partial charge in [-0.2, -0.15) is 5.10 Å². The molecule has 3 aromatic rings. The van der Waals surface area contributed by atoms with Gasteiger partial charge in [0, 0.05) is 40.7 Å². The van der Waals surface area contributed by atoms with E-state index in [9.17, 15) is 4.79 Å². The van der Waals surface area contributed by atoms with E-state index >= 15 is 0 Å². The number of thiophene rings is 1. The van der Waals surface area contributed by atoms with E-state index in [1.165, 1.54) is 0 Å². The van der Waals surface area contributed by atoms with Crippen molar-refractivity contribution >= 4 is 33.5 Å². The number of benzene rings is 2. The second-order valence-electron chi connectivity index (χ2n) is 6.80. The van der Waals surface area contributed by atoms with E-state index in [1.807, 2.05) is 47.8 Å². The summed E-state index contributed by atoms with van der Waals surface area (Å²) in [5.41, 5.74) is 5.28. The van der Waals surface area contributed by atoms with Gasteiger partial charge in [-0.05, 0) is 29.8 Å². The van der Waals surface area contributed by atoms with Crippen molar-refractivity contribution in [3.05, 3.63) is 64.5 Å². The van der Waals surface area contributed by atoms with Gasteiger partial charge in [-0.3, -0.25) is 9.69 Å². The van der Waals surface area contributed by atoms with Crippen LogP contribution in [0.3, 0.4) is 0 Å². The molecule has 150 valence electrons. The molecule has 0 spiro atoms. The Morgan fingerprint density at radius 2 is 2.10 bits per heavy atom. The largest absolute Gasteiger partial charge is 0.496 e. The van der Waals surface area contributed by atoms with Gasteiger partial charge >= 0.3 is 0 Å². The first-order chi connectivity index (χ1) is 14.2. The lowest BCUT2D eigenvalue weighted by Gasteiger charge is -2.27. The van der Waals surface area contributed by atoms with Crippen LogP contribution in [-0.4, -0.2) is 50.4 Å². The summed E-state index contributed by atoms with van der Waals surface area (Å²) in [6.45, 7) is 4.12. The molecule has 1 saturated heterocycles. The maximum Gasteiger partial charge on any atom is 0.272 e. The predicted molar refractivity (Wildman–Crippen MR) is 116 cm³/mol. The first-order valence-electron chi connectivity index (χ1n) is 9.51. The minimum absolute atomic E-state index is 0.208. The predicted octanol–water partition coefficient (Wildman–Crippen LogP) is 3.51. The van der Waals surface area contributed by atoms with Crippen LogP contribution in [0, 0.1) is 0 Å². The quantitative estimate of drug-likeness (QED) is 0.500. The van der Waals surface area contributed by atoms with Gasteiger partial charge in [0.15, 0.2) is 0 Å². The Morgan fingerprint density at radius 3 is 2.93 bits per heavy atom. The van der Waals surface area contributed by atoms with Crippen LogP contribution in [0.4, 0.5) is 0 Å². The molecule has 1 aromatic heterocycles. The minimum Gasteiger partial charge on any atom is -0.496 e. The van der Waals surface area contributed by atoms with Gasteiger partial charge in [0.25, 0.3) is 5.91 Å². The molecule has 29 heavy (non-hydrogen) atoms. The Labute approximate surface area is 173 Å². The molecule has 4 rings (SSSR count). The van der Waals surface area contributed by atoms with E-state index in [2.05, 4.69) is 15.4 Å². The molecule has 2 aromatic carbocycles. The summed E-state index contributed by atoms with van der Waals surface area (Å²) >= 11 is 1.55. The number of nitrogens with zero attached hydrogens (tertiary/aromatic N) is 2. The van der Waals surface area contributed by atoms with Crippen molar-refractivity contribution in [3.8, 4) is 5.75 Å². The zero-order valence-electron chi connectivity index (χ0n) is 16.3. The zero-order chi connectivity index (χ0) is 20.1. The fourth-order valence-electron chi connectivity index (χ4n) is 3.38. The number of methoxy groups -OCH3 is 1. The average molecular weight is 410 g/mol. The second-order valence-corrected chi connectivity index (χ2v) is 7.72. The third-order valence-corrected chi connectivity index (χ3v) is 5.87. The van der Waals surface area contributed by atoms with Crippen LogP contribution in [-0.2, 0) is 11.3 Å². The van der Waals surface area contributed by atoms with E-state index < -0.39 is 0 Å². The van der Waals surface area contributed by atoms with E-state index in [1.54, 1.807) is 24.7 Å². The highest BCUT2D eigenvalue weighted by atomic mass is 32.1. The molecule has 1 aliphatic heterocycles. The van der Waals surface area contributed by atoms with Gasteiger partial charge in [0.05, 0.1) is 32.1 Å². The number of hydrogen-bond donors (Lipinski definition) is 1. The smallest absolute Gasteiger partial charge is 0.272 e. The van der Waals surface area contributed by atoms with Gasteiger partial charge < -0.3 is 9.47 Å². The molecule has 0 saturated carbocycles. The number of fused-ring (bicyclic) bond motifs is 1. The molecule has 6 nitrogen and oxygen atoms in total. The number of carbonyl (C=O) groups is 1. The van der Waals surface area contributed by atoms with Gasteiger partial charge in [-0.15, -0.1) is 11.3 Å². The van der Waals surface area contributed by atoms with Crippen molar-refractivity contribution in [1.82, 2.24) is 10.3 Å². The SMILES string of the molecule is COc1ccc(/C=N\NC(=O)c2csc3ccccc23)cc1CN1CCOCC1. The van der Waals surface area contributed by atoms with Crippen molar-refractivity contribution in [3.63, 3.8) is 0 Å². The summed E-state index contributed by atoms with van der Waals surface area (Å²) in [7, 11) is 1.68. The first kappa shape index (κ1) is 19.6. The van der Waals surface area contributed by atoms with Crippen molar-refractivity contribution in [2.24, 2.45) is 5.10 Å². The van der Waals surface area contributed by atoms with Crippen LogP contribution in [0.1, 0.15) is 21.5 Å². The summed E-state index contributed by atoms with van der Waals surface area (Å²) in [6, 6.07) is 13.8. The number of hydrazone groups is 1. The number of ether oxygens (including phenoxy) is 2. The van der Waals surface area contributed by atoms with Crippen molar-refractivity contribution in [1.29, 1.82) is 0 Å². The lowest BCUT2D eigenvalue weighted by molar-refractivity contribution is 0.0339. The Morgan fingerprint density at radius 1 is 1.28 bits per heavy atom. The van der Waals surface area contributed by atoms with Crippen LogP contribution < -0.4 is 10.2 Å². The highest BCUT2D eigenvalue weighted by molar-refractivity contribution is 7.17. The molecule has 1 N–H and O–H groups in total. The maximum absolute atomic E-state index is 12.5. The molecule has 0 unspecified atom stereocenters. The summed E-state index contributed by atoms with van der Waals surface area (Å²) in [4.78, 5) is 14.8. The highest BCUT2D eigenvalue weighted by Crippen LogP contribution is 2.25. The summed E-state index contributed by atoms with van der Waals surface area (Å²) in [5.74, 6) is 0.642. The third kappa shape index (κ3) is 4.64.